The summed E-state index contributed by atoms with van der Waals surface area (Å²) in [6, 6.07) is 6.05. The third-order valence-corrected chi connectivity index (χ3v) is 6.11. The second kappa shape index (κ2) is 11.4. The molecule has 1 aromatic carbocycles. The Morgan fingerprint density at radius 2 is 1.75 bits per heavy atom. The Hall–Kier alpha value is -0.776. The largest absolute Gasteiger partial charge is 0.343 e. The average molecular weight is 463 g/mol. The van der Waals surface area contributed by atoms with Gasteiger partial charge in [-0.15, -0.1) is 0 Å². The number of carbonyl (C=O) groups excluding carboxylic acids is 2. The maximum Gasteiger partial charge on any atom is 0.279 e. The van der Waals surface area contributed by atoms with E-state index in [0.29, 0.717) is 11.0 Å². The van der Waals surface area contributed by atoms with Crippen LogP contribution in [0.25, 0.3) is 0 Å². The molecule has 2 rings (SSSR count). The number of quaternary nitrogens is 1. The number of carbonyl (C=O) groups is 2. The van der Waals surface area contributed by atoms with E-state index in [9.17, 15) is 9.59 Å². The number of piperidine rings is 1. The van der Waals surface area contributed by atoms with E-state index < -0.39 is 0 Å². The van der Waals surface area contributed by atoms with Gasteiger partial charge in [0.2, 0.25) is 5.91 Å². The summed E-state index contributed by atoms with van der Waals surface area (Å²) >= 11 is 0. The summed E-state index contributed by atoms with van der Waals surface area (Å²) < 4.78 is 0.703. The Morgan fingerprint density at radius 3 is 2.29 bits per heavy atom. The second-order valence-electron chi connectivity index (χ2n) is 7.89. The minimum absolute atomic E-state index is 0. The van der Waals surface area contributed by atoms with E-state index in [4.69, 9.17) is 0 Å². The Kier molecular flexibility index (Phi) is 10.3. The molecule has 6 heteroatoms. The topological polar surface area (TPSA) is 49.4 Å². The molecule has 1 N–H and O–H groups in total. The molecule has 5 nitrogen and oxygen atoms in total. The van der Waals surface area contributed by atoms with Crippen molar-refractivity contribution < 1.29 is 46.8 Å². The number of aryl methyl sites for hydroxylation is 2. The fourth-order valence-electron chi connectivity index (χ4n) is 4.36. The molecule has 2 atom stereocenters. The average Bonchev–Trinajstić information content (AvgIpc) is 2.66. The zero-order valence-electron chi connectivity index (χ0n) is 18.3. The summed E-state index contributed by atoms with van der Waals surface area (Å²) in [5.74, 6) is 0.336. The minimum Gasteiger partial charge on any atom is -0.343 e. The minimum atomic E-state index is 0. The van der Waals surface area contributed by atoms with Crippen molar-refractivity contribution in [2.45, 2.75) is 47.5 Å². The van der Waals surface area contributed by atoms with Gasteiger partial charge < -0.3 is 14.7 Å². The molecule has 0 aromatic heterocycles. The number of hydrogen-bond donors (Lipinski definition) is 1. The molecule has 153 valence electrons. The van der Waals surface area contributed by atoms with E-state index in [1.165, 1.54) is 0 Å². The van der Waals surface area contributed by atoms with E-state index in [1.807, 2.05) is 50.8 Å². The zero-order chi connectivity index (χ0) is 20.0. The number of hydrogen-bond acceptors (Lipinski definition) is 2. The van der Waals surface area contributed by atoms with Gasteiger partial charge in [-0.3, -0.25) is 9.59 Å². The summed E-state index contributed by atoms with van der Waals surface area (Å²) in [4.78, 5) is 27.6. The van der Waals surface area contributed by atoms with Crippen LogP contribution in [0.2, 0.25) is 0 Å². The monoisotopic (exact) mass is 463 g/mol. The summed E-state index contributed by atoms with van der Waals surface area (Å²) in [5.41, 5.74) is 3.09. The fraction of sp³-hybridized carbons (Fsp3) is 0.636. The number of anilines is 1. The van der Waals surface area contributed by atoms with Crippen LogP contribution in [-0.4, -0.2) is 60.5 Å². The summed E-state index contributed by atoms with van der Waals surface area (Å²) in [6.45, 7) is 14.8. The number of amides is 2. The molecule has 0 spiro atoms. The Bertz CT molecular complexity index is 655. The van der Waals surface area contributed by atoms with Gasteiger partial charge in [0, 0.05) is 51.5 Å². The van der Waals surface area contributed by atoms with E-state index in [1.54, 1.807) is 0 Å². The molecule has 1 heterocycles. The Morgan fingerprint density at radius 1 is 1.14 bits per heavy atom. The molecule has 0 bridgehead atoms. The fourth-order valence-corrected chi connectivity index (χ4v) is 4.36. The molecule has 1 aliphatic heterocycles. The van der Waals surface area contributed by atoms with E-state index in [0.717, 1.165) is 62.4 Å². The van der Waals surface area contributed by atoms with Crippen molar-refractivity contribution in [1.29, 1.82) is 0 Å². The van der Waals surface area contributed by atoms with Crippen LogP contribution in [0.5, 0.6) is 0 Å². The first kappa shape index (κ1) is 25.3. The number of likely N-dealkylation sites (tertiary alicyclic amines) is 1. The van der Waals surface area contributed by atoms with Gasteiger partial charge in [0.1, 0.15) is 0 Å². The molecule has 1 aromatic rings. The summed E-state index contributed by atoms with van der Waals surface area (Å²) in [6.07, 6.45) is 1.94. The van der Waals surface area contributed by atoms with Crippen molar-refractivity contribution in [3.63, 3.8) is 0 Å². The first-order valence-electron chi connectivity index (χ1n) is 10.4. The van der Waals surface area contributed by atoms with Crippen molar-refractivity contribution in [2.24, 2.45) is 5.92 Å². The molecule has 1 fully saturated rings. The number of likely N-dealkylation sites (N-methyl/N-ethyl adjacent to an activating group) is 1. The zero-order valence-corrected chi connectivity index (χ0v) is 21.1. The summed E-state index contributed by atoms with van der Waals surface area (Å²) in [5, 5.41) is 3.12. The molecule has 1 saturated heterocycles. The van der Waals surface area contributed by atoms with E-state index >= 15 is 0 Å². The van der Waals surface area contributed by atoms with Crippen molar-refractivity contribution in [3.8, 4) is 0 Å². The number of nitrogens with one attached hydrogen (secondary N) is 1. The first-order chi connectivity index (χ1) is 12.9. The van der Waals surface area contributed by atoms with Gasteiger partial charge in [0.05, 0.1) is 25.6 Å². The van der Waals surface area contributed by atoms with Gasteiger partial charge in [-0.2, -0.15) is 0 Å². The Labute approximate surface area is 195 Å². The van der Waals surface area contributed by atoms with Crippen LogP contribution >= 0.6 is 0 Å². The van der Waals surface area contributed by atoms with Crippen molar-refractivity contribution in [2.75, 3.05) is 44.6 Å². The van der Waals surface area contributed by atoms with Crippen molar-refractivity contribution in [3.05, 3.63) is 29.3 Å². The van der Waals surface area contributed by atoms with E-state index in [2.05, 4.69) is 12.2 Å². The van der Waals surface area contributed by atoms with Crippen LogP contribution in [0.4, 0.5) is 5.69 Å². The quantitative estimate of drug-likeness (QED) is 0.631. The smallest absolute Gasteiger partial charge is 0.279 e. The van der Waals surface area contributed by atoms with Gasteiger partial charge in [0.15, 0.2) is 6.54 Å². The van der Waals surface area contributed by atoms with Crippen LogP contribution in [0.1, 0.15) is 44.7 Å². The Balaban J connectivity index is 0.00000392. The van der Waals surface area contributed by atoms with E-state index in [-0.39, 0.29) is 50.4 Å². The third kappa shape index (κ3) is 6.11. The van der Waals surface area contributed by atoms with Gasteiger partial charge in [-0.1, -0.05) is 18.2 Å². The molecule has 28 heavy (non-hydrogen) atoms. The van der Waals surface area contributed by atoms with Crippen LogP contribution in [-0.2, 0) is 42.3 Å². The van der Waals surface area contributed by atoms with Crippen LogP contribution in [0.15, 0.2) is 18.2 Å². The maximum atomic E-state index is 12.8. The summed E-state index contributed by atoms with van der Waals surface area (Å²) in [7, 11) is 0. The molecule has 2 amide bonds. The predicted molar refractivity (Wildman–Crippen MR) is 111 cm³/mol. The van der Waals surface area contributed by atoms with Crippen molar-refractivity contribution >= 4 is 17.5 Å². The van der Waals surface area contributed by atoms with Crippen LogP contribution in [0, 0.1) is 19.8 Å². The number of benzene rings is 1. The molecular formula is C22H36N3O2Y+. The predicted octanol–water partition coefficient (Wildman–Crippen LogP) is 3.35. The number of rotatable bonds is 7. The standard InChI is InChI=1S/C22H35N3O2.Y/c1-6-24(7-2)22(27)19-13-10-14-25(8-3,15-19)16-20(26)23-21-17(4)11-9-12-18(21)5;/h9,11-12,19H,6-8,10,13-16H2,1-5H3;/p+1. The van der Waals surface area contributed by atoms with Crippen LogP contribution in [0.3, 0.4) is 0 Å². The number of para-hydroxylation sites is 1. The van der Waals surface area contributed by atoms with Gasteiger partial charge >= 0.3 is 0 Å². The van der Waals surface area contributed by atoms with Gasteiger partial charge in [-0.25, -0.2) is 0 Å². The normalized spacial score (nSPS) is 21.5. The molecule has 0 saturated carbocycles. The second-order valence-corrected chi connectivity index (χ2v) is 7.89. The molecule has 1 radical (unpaired) electrons. The molecule has 0 aliphatic carbocycles. The molecule has 2 unspecified atom stereocenters. The SMILES string of the molecule is CCN(CC)C(=O)C1CCC[N+](CC)(CC(=O)Nc2c(C)cccc2C)C1.[Y]. The van der Waals surface area contributed by atoms with Gasteiger partial charge in [-0.05, 0) is 58.6 Å². The molecule has 1 aliphatic rings. The number of nitrogens with zero attached hydrogens (tertiary/aromatic N) is 2. The third-order valence-electron chi connectivity index (χ3n) is 6.11. The maximum absolute atomic E-state index is 12.8. The first-order valence-corrected chi connectivity index (χ1v) is 10.4. The van der Waals surface area contributed by atoms with Gasteiger partial charge in [0.25, 0.3) is 5.91 Å². The molecular weight excluding hydrogens is 427 g/mol. The van der Waals surface area contributed by atoms with Crippen LogP contribution < -0.4 is 5.32 Å². The van der Waals surface area contributed by atoms with Crippen molar-refractivity contribution in [1.82, 2.24) is 4.90 Å².